The number of hydrogen-bond donors (Lipinski definition) is 4. The van der Waals surface area contributed by atoms with Crippen molar-refractivity contribution in [2.45, 2.75) is 6.23 Å². The Hall–Kier alpha value is -2.83. The highest BCUT2D eigenvalue weighted by Gasteiger charge is 2.17. The first-order valence-corrected chi connectivity index (χ1v) is 8.02. The first-order valence-electron chi connectivity index (χ1n) is 7.64. The minimum Gasteiger partial charge on any atom is -0.369 e. The second-order valence-corrected chi connectivity index (χ2v) is 5.97. The number of aliphatic hydroxyl groups is 1. The molecule has 0 radical (unpaired) electrons. The maximum absolute atomic E-state index is 14.3. The SMILES string of the molecule is OC(Nc1ccc[nH]1)c1cccc2[nH]c(-c3cccc(Cl)c3F)nc12. The summed E-state index contributed by atoms with van der Waals surface area (Å²) in [6, 6.07) is 13.8. The fourth-order valence-corrected chi connectivity index (χ4v) is 2.91. The number of aromatic amines is 2. The molecule has 2 aromatic heterocycles. The largest absolute Gasteiger partial charge is 0.369 e. The van der Waals surface area contributed by atoms with E-state index >= 15 is 0 Å². The number of H-pyrrole nitrogens is 2. The van der Waals surface area contributed by atoms with E-state index < -0.39 is 12.0 Å². The van der Waals surface area contributed by atoms with E-state index in [9.17, 15) is 9.50 Å². The molecule has 4 N–H and O–H groups in total. The van der Waals surface area contributed by atoms with Gasteiger partial charge in [-0.25, -0.2) is 9.37 Å². The van der Waals surface area contributed by atoms with Crippen molar-refractivity contribution in [1.82, 2.24) is 15.0 Å². The molecule has 1 atom stereocenters. The van der Waals surface area contributed by atoms with E-state index in [0.29, 0.717) is 28.2 Å². The van der Waals surface area contributed by atoms with E-state index in [1.54, 1.807) is 36.5 Å². The summed E-state index contributed by atoms with van der Waals surface area (Å²) in [4.78, 5) is 10.5. The van der Waals surface area contributed by atoms with Crippen molar-refractivity contribution in [3.05, 3.63) is 71.1 Å². The third-order valence-electron chi connectivity index (χ3n) is 3.94. The molecule has 4 rings (SSSR count). The average molecular weight is 357 g/mol. The quantitative estimate of drug-likeness (QED) is 0.408. The van der Waals surface area contributed by atoms with Gasteiger partial charge in [0.05, 0.1) is 21.6 Å². The van der Waals surface area contributed by atoms with Crippen LogP contribution >= 0.6 is 11.6 Å². The second kappa shape index (κ2) is 6.23. The third kappa shape index (κ3) is 2.86. The standard InChI is InChI=1S/C18H14ClFN4O/c19-12-6-1-4-10(15(12)20)17-22-13-7-2-5-11(16(13)24-17)18(25)23-14-8-3-9-21-14/h1-9,18,21,23,25H,(H,22,24). The lowest BCUT2D eigenvalue weighted by molar-refractivity contribution is 0.209. The summed E-state index contributed by atoms with van der Waals surface area (Å²) in [5.74, 6) is 0.505. The monoisotopic (exact) mass is 356 g/mol. The van der Waals surface area contributed by atoms with E-state index in [0.717, 1.165) is 0 Å². The van der Waals surface area contributed by atoms with Crippen LogP contribution in [0.1, 0.15) is 11.8 Å². The number of fused-ring (bicyclic) bond motifs is 1. The van der Waals surface area contributed by atoms with E-state index in [4.69, 9.17) is 11.6 Å². The summed E-state index contributed by atoms with van der Waals surface area (Å²) >= 11 is 5.85. The van der Waals surface area contributed by atoms with E-state index in [1.807, 2.05) is 12.1 Å². The number of para-hydroxylation sites is 1. The molecule has 0 bridgehead atoms. The van der Waals surface area contributed by atoms with E-state index in [-0.39, 0.29) is 10.6 Å². The molecule has 0 saturated carbocycles. The van der Waals surface area contributed by atoms with Crippen molar-refractivity contribution in [3.63, 3.8) is 0 Å². The van der Waals surface area contributed by atoms with Gasteiger partial charge in [-0.3, -0.25) is 0 Å². The van der Waals surface area contributed by atoms with Gasteiger partial charge in [-0.1, -0.05) is 29.8 Å². The first-order chi connectivity index (χ1) is 12.1. The summed E-state index contributed by atoms with van der Waals surface area (Å²) in [6.45, 7) is 0. The minimum absolute atomic E-state index is 0.0339. The van der Waals surface area contributed by atoms with E-state index in [1.165, 1.54) is 6.07 Å². The number of nitrogens with one attached hydrogen (secondary N) is 3. The van der Waals surface area contributed by atoms with Crippen LogP contribution in [0.4, 0.5) is 10.2 Å². The Labute approximate surface area is 147 Å². The Morgan fingerprint density at radius 1 is 1.12 bits per heavy atom. The summed E-state index contributed by atoms with van der Waals surface area (Å²) in [5.41, 5.74) is 2.11. The lowest BCUT2D eigenvalue weighted by Gasteiger charge is -2.13. The normalized spacial score (nSPS) is 12.4. The van der Waals surface area contributed by atoms with Crippen molar-refractivity contribution >= 4 is 28.5 Å². The molecule has 0 fully saturated rings. The molecule has 0 spiro atoms. The van der Waals surface area contributed by atoms with Gasteiger partial charge in [-0.2, -0.15) is 0 Å². The number of aromatic nitrogens is 3. The molecular formula is C18H14ClFN4O. The molecule has 4 aromatic rings. The van der Waals surface area contributed by atoms with Crippen LogP contribution < -0.4 is 5.32 Å². The van der Waals surface area contributed by atoms with E-state index in [2.05, 4.69) is 20.3 Å². The predicted octanol–water partition coefficient (Wildman–Crippen LogP) is 4.45. The first kappa shape index (κ1) is 15.7. The Balaban J connectivity index is 1.77. The van der Waals surface area contributed by atoms with Gasteiger partial charge in [-0.05, 0) is 30.3 Å². The molecule has 2 heterocycles. The van der Waals surface area contributed by atoms with Crippen molar-refractivity contribution in [2.75, 3.05) is 5.32 Å². The highest BCUT2D eigenvalue weighted by molar-refractivity contribution is 6.31. The lowest BCUT2D eigenvalue weighted by Crippen LogP contribution is -2.10. The van der Waals surface area contributed by atoms with Crippen molar-refractivity contribution < 1.29 is 9.50 Å². The Morgan fingerprint density at radius 2 is 1.96 bits per heavy atom. The molecule has 1 unspecified atom stereocenters. The van der Waals surface area contributed by atoms with Crippen LogP contribution in [0, 0.1) is 5.82 Å². The maximum Gasteiger partial charge on any atom is 0.154 e. The molecule has 0 aliphatic carbocycles. The van der Waals surface area contributed by atoms with Gasteiger partial charge in [0.25, 0.3) is 0 Å². The Kier molecular flexibility index (Phi) is 3.91. The maximum atomic E-state index is 14.3. The van der Waals surface area contributed by atoms with Gasteiger partial charge in [0.2, 0.25) is 0 Å². The highest BCUT2D eigenvalue weighted by atomic mass is 35.5. The predicted molar refractivity (Wildman–Crippen MR) is 95.9 cm³/mol. The topological polar surface area (TPSA) is 76.7 Å². The molecule has 7 heteroatoms. The van der Waals surface area contributed by atoms with Gasteiger partial charge in [0.1, 0.15) is 11.6 Å². The van der Waals surface area contributed by atoms with Gasteiger partial charge in [-0.15, -0.1) is 0 Å². The summed E-state index contributed by atoms with van der Waals surface area (Å²) in [7, 11) is 0. The Morgan fingerprint density at radius 3 is 2.76 bits per heavy atom. The Bertz CT molecular complexity index is 1030. The number of aliphatic hydroxyl groups excluding tert-OH is 1. The molecule has 5 nitrogen and oxygen atoms in total. The third-order valence-corrected chi connectivity index (χ3v) is 4.23. The van der Waals surface area contributed by atoms with Gasteiger partial charge in [0, 0.05) is 11.8 Å². The number of benzene rings is 2. The number of rotatable bonds is 4. The van der Waals surface area contributed by atoms with Crippen LogP contribution in [-0.2, 0) is 0 Å². The summed E-state index contributed by atoms with van der Waals surface area (Å²) < 4.78 is 14.3. The fraction of sp³-hybridized carbons (Fsp3) is 0.0556. The zero-order valence-corrected chi connectivity index (χ0v) is 13.7. The number of nitrogens with zero attached hydrogens (tertiary/aromatic N) is 1. The van der Waals surface area contributed by atoms with Gasteiger partial charge < -0.3 is 20.4 Å². The number of hydrogen-bond acceptors (Lipinski definition) is 3. The summed E-state index contributed by atoms with van der Waals surface area (Å²) in [6.07, 6.45) is 0.784. The minimum atomic E-state index is -0.970. The van der Waals surface area contributed by atoms with Crippen LogP contribution in [0.25, 0.3) is 22.4 Å². The van der Waals surface area contributed by atoms with Crippen molar-refractivity contribution in [3.8, 4) is 11.4 Å². The number of imidazole rings is 1. The van der Waals surface area contributed by atoms with Crippen LogP contribution in [0.2, 0.25) is 5.02 Å². The van der Waals surface area contributed by atoms with Crippen LogP contribution in [-0.4, -0.2) is 20.1 Å². The molecule has 126 valence electrons. The zero-order valence-electron chi connectivity index (χ0n) is 12.9. The van der Waals surface area contributed by atoms with Crippen LogP contribution in [0.5, 0.6) is 0 Å². The smallest absolute Gasteiger partial charge is 0.154 e. The van der Waals surface area contributed by atoms with Gasteiger partial charge in [0.15, 0.2) is 12.0 Å². The van der Waals surface area contributed by atoms with Crippen molar-refractivity contribution in [2.24, 2.45) is 0 Å². The fourth-order valence-electron chi connectivity index (χ4n) is 2.73. The average Bonchev–Trinajstić information content (AvgIpc) is 3.26. The summed E-state index contributed by atoms with van der Waals surface area (Å²) in [5, 5.41) is 13.5. The lowest BCUT2D eigenvalue weighted by atomic mass is 10.1. The number of anilines is 1. The van der Waals surface area contributed by atoms with Crippen LogP contribution in [0.3, 0.4) is 0 Å². The molecule has 0 amide bonds. The van der Waals surface area contributed by atoms with Crippen molar-refractivity contribution in [1.29, 1.82) is 0 Å². The molecule has 2 aromatic carbocycles. The molecule has 25 heavy (non-hydrogen) atoms. The van der Waals surface area contributed by atoms with Crippen LogP contribution in [0.15, 0.2) is 54.7 Å². The molecular weight excluding hydrogens is 343 g/mol. The zero-order chi connectivity index (χ0) is 17.4. The highest BCUT2D eigenvalue weighted by Crippen LogP contribution is 2.30. The number of halogens is 2. The molecule has 0 aliphatic heterocycles. The second-order valence-electron chi connectivity index (χ2n) is 5.56. The molecule has 0 saturated heterocycles. The van der Waals surface area contributed by atoms with Gasteiger partial charge >= 0.3 is 0 Å². The molecule has 0 aliphatic rings.